The molecule has 0 radical (unpaired) electrons. The van der Waals surface area contributed by atoms with Crippen molar-refractivity contribution in [1.82, 2.24) is 4.98 Å². The molecule has 0 aliphatic heterocycles. The van der Waals surface area contributed by atoms with Crippen LogP contribution in [0.4, 0.5) is 0 Å². The summed E-state index contributed by atoms with van der Waals surface area (Å²) in [6.07, 6.45) is 8.39. The number of Topliss-reactive ketones (excluding diaryl/α,β-unsaturated/α-hetero) is 1. The average Bonchev–Trinajstić information content (AvgIpc) is 2.59. The van der Waals surface area contributed by atoms with Gasteiger partial charge >= 0.3 is 0 Å². The lowest BCUT2D eigenvalue weighted by Crippen LogP contribution is -2.25. The van der Waals surface area contributed by atoms with E-state index in [1.165, 1.54) is 31.4 Å². The number of methoxy groups -OCH3 is 1. The molecule has 5 heteroatoms. The molecular formula is C18H19NO3S. The normalized spacial score (nSPS) is 19.8. The Balaban J connectivity index is 2.00. The van der Waals surface area contributed by atoms with E-state index in [1.54, 1.807) is 6.20 Å². The van der Waals surface area contributed by atoms with Crippen LogP contribution < -0.4 is 0 Å². The van der Waals surface area contributed by atoms with Crippen LogP contribution in [0.5, 0.6) is 0 Å². The number of nitrogens with zero attached hydrogens (tertiary/aromatic N) is 1. The van der Waals surface area contributed by atoms with Gasteiger partial charge in [0.2, 0.25) is 5.78 Å². The number of hydrogen-bond acceptors (Lipinski definition) is 5. The minimum Gasteiger partial charge on any atom is -0.492 e. The van der Waals surface area contributed by atoms with Crippen LogP contribution in [0.1, 0.15) is 32.1 Å². The van der Waals surface area contributed by atoms with Crippen LogP contribution in [0, 0.1) is 5.92 Å². The maximum absolute atomic E-state index is 12.7. The van der Waals surface area contributed by atoms with Crippen molar-refractivity contribution in [2.24, 2.45) is 5.92 Å². The number of pyridine rings is 1. The monoisotopic (exact) mass is 329 g/mol. The van der Waals surface area contributed by atoms with E-state index in [-0.39, 0.29) is 23.2 Å². The van der Waals surface area contributed by atoms with Gasteiger partial charge in [-0.2, -0.15) is 0 Å². The first-order valence-corrected chi connectivity index (χ1v) is 8.70. The number of carbonyl (C=O) groups excluding carboxylic acids is 2. The van der Waals surface area contributed by atoms with Gasteiger partial charge < -0.3 is 4.74 Å². The van der Waals surface area contributed by atoms with E-state index < -0.39 is 0 Å². The topological polar surface area (TPSA) is 56.3 Å². The summed E-state index contributed by atoms with van der Waals surface area (Å²) in [5, 5.41) is 0.717. The molecule has 23 heavy (non-hydrogen) atoms. The van der Waals surface area contributed by atoms with Gasteiger partial charge in [0.05, 0.1) is 12.0 Å². The molecule has 0 N–H and O–H groups in total. The second kappa shape index (κ2) is 7.13. The van der Waals surface area contributed by atoms with Gasteiger partial charge in [-0.25, -0.2) is 4.98 Å². The lowest BCUT2D eigenvalue weighted by atomic mass is 9.80. The first-order valence-electron chi connectivity index (χ1n) is 7.88. The maximum Gasteiger partial charge on any atom is 0.234 e. The summed E-state index contributed by atoms with van der Waals surface area (Å²) in [5.41, 5.74) is 0.658. The highest BCUT2D eigenvalue weighted by Gasteiger charge is 2.34. The van der Waals surface area contributed by atoms with E-state index in [4.69, 9.17) is 4.74 Å². The summed E-state index contributed by atoms with van der Waals surface area (Å²) in [5.74, 6) is -0.0100. The third kappa shape index (κ3) is 3.39. The third-order valence-corrected chi connectivity index (χ3v) is 5.34. The van der Waals surface area contributed by atoms with Gasteiger partial charge in [0.1, 0.15) is 5.03 Å². The molecule has 1 aromatic heterocycles. The second-order valence-electron chi connectivity index (χ2n) is 5.75. The van der Waals surface area contributed by atoms with Crippen LogP contribution in [0.2, 0.25) is 0 Å². The van der Waals surface area contributed by atoms with Crippen molar-refractivity contribution >= 4 is 23.3 Å². The van der Waals surface area contributed by atoms with Gasteiger partial charge in [-0.1, -0.05) is 37.1 Å². The fourth-order valence-electron chi connectivity index (χ4n) is 3.15. The minimum atomic E-state index is -0.205. The summed E-state index contributed by atoms with van der Waals surface area (Å²) in [6, 6.07) is 5.55. The SMILES string of the molecule is COC1=CC(=O)C(C2CCCCC2)=C(Sc2ccccn2)C1=O. The fraction of sp³-hybridized carbons (Fsp3) is 0.389. The highest BCUT2D eigenvalue weighted by molar-refractivity contribution is 8.04. The zero-order valence-corrected chi connectivity index (χ0v) is 13.9. The molecule has 0 unspecified atom stereocenters. The zero-order chi connectivity index (χ0) is 16.2. The predicted octanol–water partition coefficient (Wildman–Crippen LogP) is 3.69. The number of ether oxygens (including phenoxy) is 1. The molecule has 1 saturated carbocycles. The summed E-state index contributed by atoms with van der Waals surface area (Å²) in [4.78, 5) is 30.1. The Kier molecular flexibility index (Phi) is 4.96. The molecular weight excluding hydrogens is 310 g/mol. The maximum atomic E-state index is 12.7. The molecule has 4 nitrogen and oxygen atoms in total. The van der Waals surface area contributed by atoms with E-state index in [0.717, 1.165) is 25.7 Å². The number of hydrogen-bond donors (Lipinski definition) is 0. The number of aromatic nitrogens is 1. The quantitative estimate of drug-likeness (QED) is 0.789. The lowest BCUT2D eigenvalue weighted by Gasteiger charge is -2.27. The van der Waals surface area contributed by atoms with E-state index in [2.05, 4.69) is 4.98 Å². The molecule has 0 bridgehead atoms. The molecule has 0 saturated heterocycles. The molecule has 2 aliphatic carbocycles. The number of ketones is 2. The smallest absolute Gasteiger partial charge is 0.234 e. The first kappa shape index (κ1) is 16.0. The molecule has 2 aliphatic rings. The molecule has 1 fully saturated rings. The molecule has 1 heterocycles. The van der Waals surface area contributed by atoms with Crippen LogP contribution in [-0.2, 0) is 14.3 Å². The summed E-state index contributed by atoms with van der Waals surface area (Å²) in [7, 11) is 1.42. The summed E-state index contributed by atoms with van der Waals surface area (Å²) < 4.78 is 5.10. The molecule has 0 atom stereocenters. The van der Waals surface area contributed by atoms with Crippen molar-refractivity contribution in [1.29, 1.82) is 0 Å². The van der Waals surface area contributed by atoms with E-state index in [9.17, 15) is 9.59 Å². The average molecular weight is 329 g/mol. The molecule has 0 aromatic carbocycles. The fourth-order valence-corrected chi connectivity index (χ4v) is 4.19. The van der Waals surface area contributed by atoms with Crippen LogP contribution in [-0.4, -0.2) is 23.7 Å². The van der Waals surface area contributed by atoms with E-state index in [0.29, 0.717) is 15.5 Å². The predicted molar refractivity (Wildman–Crippen MR) is 88.8 cm³/mol. The Morgan fingerprint density at radius 2 is 1.96 bits per heavy atom. The Hall–Kier alpha value is -1.88. The number of carbonyl (C=O) groups is 2. The van der Waals surface area contributed by atoms with Gasteiger partial charge in [0.15, 0.2) is 11.5 Å². The van der Waals surface area contributed by atoms with E-state index in [1.807, 2.05) is 18.2 Å². The van der Waals surface area contributed by atoms with Gasteiger partial charge in [-0.15, -0.1) is 0 Å². The van der Waals surface area contributed by atoms with Crippen molar-refractivity contribution in [2.75, 3.05) is 7.11 Å². The molecule has 0 spiro atoms. The summed E-state index contributed by atoms with van der Waals surface area (Å²) >= 11 is 1.27. The van der Waals surface area contributed by atoms with Gasteiger partial charge in [0, 0.05) is 17.8 Å². The van der Waals surface area contributed by atoms with Crippen molar-refractivity contribution < 1.29 is 14.3 Å². The Morgan fingerprint density at radius 3 is 2.61 bits per heavy atom. The Labute approximate surface area is 140 Å². The second-order valence-corrected chi connectivity index (χ2v) is 6.78. The van der Waals surface area contributed by atoms with Gasteiger partial charge in [-0.3, -0.25) is 9.59 Å². The standard InChI is InChI=1S/C18H19NO3S/c1-22-14-11-13(20)16(12-7-3-2-4-8-12)18(17(14)21)23-15-9-5-6-10-19-15/h5-6,9-12H,2-4,7-8H2,1H3. The Bertz CT molecular complexity index is 673. The van der Waals surface area contributed by atoms with Crippen LogP contribution >= 0.6 is 11.8 Å². The lowest BCUT2D eigenvalue weighted by molar-refractivity contribution is -0.118. The highest BCUT2D eigenvalue weighted by Crippen LogP contribution is 2.40. The largest absolute Gasteiger partial charge is 0.492 e. The van der Waals surface area contributed by atoms with Crippen molar-refractivity contribution in [3.63, 3.8) is 0 Å². The molecule has 3 rings (SSSR count). The van der Waals surface area contributed by atoms with E-state index >= 15 is 0 Å². The van der Waals surface area contributed by atoms with Crippen LogP contribution in [0.3, 0.4) is 0 Å². The zero-order valence-electron chi connectivity index (χ0n) is 13.1. The van der Waals surface area contributed by atoms with Crippen LogP contribution in [0.25, 0.3) is 0 Å². The molecule has 120 valence electrons. The number of thioether (sulfide) groups is 1. The van der Waals surface area contributed by atoms with Gasteiger partial charge in [-0.05, 0) is 30.9 Å². The Morgan fingerprint density at radius 1 is 1.17 bits per heavy atom. The third-order valence-electron chi connectivity index (χ3n) is 4.28. The molecule has 0 amide bonds. The number of allylic oxidation sites excluding steroid dienone is 3. The van der Waals surface area contributed by atoms with Gasteiger partial charge in [0.25, 0.3) is 0 Å². The van der Waals surface area contributed by atoms with Crippen molar-refractivity contribution in [3.8, 4) is 0 Å². The highest BCUT2D eigenvalue weighted by atomic mass is 32.2. The van der Waals surface area contributed by atoms with Crippen LogP contribution in [0.15, 0.2) is 51.7 Å². The van der Waals surface area contributed by atoms with Crippen molar-refractivity contribution in [3.05, 3.63) is 46.7 Å². The number of rotatable bonds is 4. The minimum absolute atomic E-state index is 0.0909. The summed E-state index contributed by atoms with van der Waals surface area (Å²) in [6.45, 7) is 0. The molecule has 1 aromatic rings. The first-order chi connectivity index (χ1) is 11.2. The van der Waals surface area contributed by atoms with Crippen molar-refractivity contribution in [2.45, 2.75) is 37.1 Å².